The highest BCUT2D eigenvalue weighted by atomic mass is 15.3. The predicted octanol–water partition coefficient (Wildman–Crippen LogP) is 2.70. The number of nitrogens with zero attached hydrogens (tertiary/aromatic N) is 4. The van der Waals surface area contributed by atoms with Crippen molar-refractivity contribution in [3.8, 4) is 6.07 Å². The molecule has 1 aromatic heterocycles. The second-order valence-corrected chi connectivity index (χ2v) is 5.85. The number of aromatic nitrogens is 1. The van der Waals surface area contributed by atoms with Gasteiger partial charge in [-0.05, 0) is 17.7 Å². The minimum absolute atomic E-state index is 0.204. The fourth-order valence-electron chi connectivity index (χ4n) is 3.19. The number of hydrogen-bond acceptors (Lipinski definition) is 4. The molecule has 1 aliphatic rings. The monoisotopic (exact) mass is 306 g/mol. The summed E-state index contributed by atoms with van der Waals surface area (Å²) < 4.78 is 0. The van der Waals surface area contributed by atoms with Crippen LogP contribution in [0.25, 0.3) is 0 Å². The Morgan fingerprint density at radius 2 is 1.74 bits per heavy atom. The molecule has 1 fully saturated rings. The average molecular weight is 306 g/mol. The van der Waals surface area contributed by atoms with Crippen molar-refractivity contribution >= 4 is 0 Å². The summed E-state index contributed by atoms with van der Waals surface area (Å²) in [6, 6.07) is 19.2. The highest BCUT2D eigenvalue weighted by molar-refractivity contribution is 5.28. The smallest absolute Gasteiger partial charge is 0.0777 e. The second-order valence-electron chi connectivity index (χ2n) is 5.85. The van der Waals surface area contributed by atoms with Gasteiger partial charge in [-0.1, -0.05) is 36.4 Å². The van der Waals surface area contributed by atoms with Gasteiger partial charge in [-0.25, -0.2) is 0 Å². The van der Waals surface area contributed by atoms with Crippen molar-refractivity contribution in [1.82, 2.24) is 14.8 Å². The maximum Gasteiger partial charge on any atom is 0.0777 e. The topological polar surface area (TPSA) is 43.2 Å². The zero-order valence-corrected chi connectivity index (χ0v) is 13.3. The number of pyridine rings is 1. The summed E-state index contributed by atoms with van der Waals surface area (Å²) in [6.07, 6.45) is 2.48. The minimum Gasteiger partial charge on any atom is -0.300 e. The first-order valence-corrected chi connectivity index (χ1v) is 8.18. The molecule has 1 atom stereocenters. The fourth-order valence-corrected chi connectivity index (χ4v) is 3.19. The van der Waals surface area contributed by atoms with Gasteiger partial charge in [0, 0.05) is 45.3 Å². The van der Waals surface area contributed by atoms with E-state index in [1.54, 1.807) is 0 Å². The van der Waals surface area contributed by atoms with E-state index in [1.807, 2.05) is 12.3 Å². The third-order valence-electron chi connectivity index (χ3n) is 4.40. The third-order valence-corrected chi connectivity index (χ3v) is 4.40. The van der Waals surface area contributed by atoms with Gasteiger partial charge in [0.1, 0.15) is 0 Å². The molecule has 1 unspecified atom stereocenters. The minimum atomic E-state index is 0.204. The molecule has 3 rings (SSSR count). The van der Waals surface area contributed by atoms with Gasteiger partial charge in [0.15, 0.2) is 0 Å². The largest absolute Gasteiger partial charge is 0.300 e. The normalized spacial score (nSPS) is 17.5. The Morgan fingerprint density at radius 1 is 1.00 bits per heavy atom. The van der Waals surface area contributed by atoms with Gasteiger partial charge in [0.2, 0.25) is 0 Å². The quantitative estimate of drug-likeness (QED) is 0.852. The SMILES string of the molecule is N#CCCN1CCN(C(c2ccccc2)c2ccccn2)CC1. The number of rotatable bonds is 5. The van der Waals surface area contributed by atoms with Crippen molar-refractivity contribution in [3.05, 3.63) is 66.0 Å². The van der Waals surface area contributed by atoms with Crippen LogP contribution in [0.15, 0.2) is 54.7 Å². The maximum absolute atomic E-state index is 8.74. The van der Waals surface area contributed by atoms with Crippen LogP contribution < -0.4 is 0 Å². The van der Waals surface area contributed by atoms with Crippen molar-refractivity contribution in [2.24, 2.45) is 0 Å². The molecule has 0 spiro atoms. The first-order chi connectivity index (χ1) is 11.4. The molecule has 118 valence electrons. The van der Waals surface area contributed by atoms with Crippen LogP contribution in [0.3, 0.4) is 0 Å². The Balaban J connectivity index is 1.77. The number of piperazine rings is 1. The van der Waals surface area contributed by atoms with Gasteiger partial charge in [-0.3, -0.25) is 14.8 Å². The molecule has 1 aromatic carbocycles. The summed E-state index contributed by atoms with van der Waals surface area (Å²) >= 11 is 0. The van der Waals surface area contributed by atoms with E-state index in [2.05, 4.69) is 63.3 Å². The molecule has 2 aromatic rings. The zero-order valence-electron chi connectivity index (χ0n) is 13.3. The van der Waals surface area contributed by atoms with Gasteiger partial charge in [0.05, 0.1) is 17.8 Å². The summed E-state index contributed by atoms with van der Waals surface area (Å²) in [7, 11) is 0. The van der Waals surface area contributed by atoms with E-state index in [9.17, 15) is 0 Å². The second kappa shape index (κ2) is 7.87. The first-order valence-electron chi connectivity index (χ1n) is 8.18. The third kappa shape index (κ3) is 3.95. The summed E-state index contributed by atoms with van der Waals surface area (Å²) in [5.74, 6) is 0. The highest BCUT2D eigenvalue weighted by Crippen LogP contribution is 2.28. The maximum atomic E-state index is 8.74. The molecule has 0 radical (unpaired) electrons. The molecular formula is C19H22N4. The van der Waals surface area contributed by atoms with Gasteiger partial charge in [-0.15, -0.1) is 0 Å². The van der Waals surface area contributed by atoms with Crippen molar-refractivity contribution in [2.45, 2.75) is 12.5 Å². The van der Waals surface area contributed by atoms with Gasteiger partial charge < -0.3 is 0 Å². The van der Waals surface area contributed by atoms with Crippen LogP contribution in [0.4, 0.5) is 0 Å². The summed E-state index contributed by atoms with van der Waals surface area (Å²) in [5.41, 5.74) is 2.39. The van der Waals surface area contributed by atoms with Crippen LogP contribution in [-0.2, 0) is 0 Å². The van der Waals surface area contributed by atoms with E-state index in [-0.39, 0.29) is 6.04 Å². The lowest BCUT2D eigenvalue weighted by atomic mass is 10.0. The summed E-state index contributed by atoms with van der Waals surface area (Å²) in [6.45, 7) is 4.91. The molecular weight excluding hydrogens is 284 g/mol. The molecule has 0 amide bonds. The molecule has 2 heterocycles. The lowest BCUT2D eigenvalue weighted by molar-refractivity contribution is 0.109. The van der Waals surface area contributed by atoms with E-state index >= 15 is 0 Å². The van der Waals surface area contributed by atoms with Crippen molar-refractivity contribution in [2.75, 3.05) is 32.7 Å². The van der Waals surface area contributed by atoms with Crippen LogP contribution in [0.1, 0.15) is 23.7 Å². The molecule has 23 heavy (non-hydrogen) atoms. The lowest BCUT2D eigenvalue weighted by Gasteiger charge is -2.39. The Bertz CT molecular complexity index is 588. The molecule has 1 aliphatic heterocycles. The van der Waals surface area contributed by atoms with Crippen LogP contribution >= 0.6 is 0 Å². The molecule has 0 bridgehead atoms. The van der Waals surface area contributed by atoms with E-state index in [1.165, 1.54) is 5.56 Å². The average Bonchev–Trinajstić information content (AvgIpc) is 2.63. The van der Waals surface area contributed by atoms with Gasteiger partial charge in [-0.2, -0.15) is 5.26 Å². The van der Waals surface area contributed by atoms with Crippen LogP contribution in [0.2, 0.25) is 0 Å². The Hall–Kier alpha value is -2.22. The Labute approximate surface area is 138 Å². The van der Waals surface area contributed by atoms with Crippen molar-refractivity contribution in [3.63, 3.8) is 0 Å². The molecule has 4 heteroatoms. The fraction of sp³-hybridized carbons (Fsp3) is 0.368. The molecule has 0 aliphatic carbocycles. The molecule has 0 N–H and O–H groups in total. The van der Waals surface area contributed by atoms with Gasteiger partial charge in [0.25, 0.3) is 0 Å². The van der Waals surface area contributed by atoms with Crippen molar-refractivity contribution < 1.29 is 0 Å². The summed E-state index contributed by atoms with van der Waals surface area (Å²) in [5, 5.41) is 8.74. The highest BCUT2D eigenvalue weighted by Gasteiger charge is 2.26. The van der Waals surface area contributed by atoms with E-state index in [0.29, 0.717) is 6.42 Å². The van der Waals surface area contributed by atoms with Crippen LogP contribution in [-0.4, -0.2) is 47.5 Å². The number of benzene rings is 1. The first kappa shape index (κ1) is 15.7. The zero-order chi connectivity index (χ0) is 15.9. The number of nitriles is 1. The lowest BCUT2D eigenvalue weighted by Crippen LogP contribution is -2.48. The van der Waals surface area contributed by atoms with E-state index < -0.39 is 0 Å². The Kier molecular flexibility index (Phi) is 5.36. The van der Waals surface area contributed by atoms with Crippen LogP contribution in [0.5, 0.6) is 0 Å². The predicted molar refractivity (Wildman–Crippen MR) is 90.8 cm³/mol. The Morgan fingerprint density at radius 3 is 2.39 bits per heavy atom. The molecule has 0 saturated carbocycles. The van der Waals surface area contributed by atoms with E-state index in [0.717, 1.165) is 38.4 Å². The van der Waals surface area contributed by atoms with Crippen molar-refractivity contribution in [1.29, 1.82) is 5.26 Å². The summed E-state index contributed by atoms with van der Waals surface area (Å²) in [4.78, 5) is 9.48. The van der Waals surface area contributed by atoms with E-state index in [4.69, 9.17) is 5.26 Å². The number of hydrogen-bond donors (Lipinski definition) is 0. The standard InChI is InChI=1S/C19H22N4/c20-10-6-12-22-13-15-23(16-14-22)19(17-7-2-1-3-8-17)18-9-4-5-11-21-18/h1-5,7-9,11,19H,6,12-16H2. The molecule has 1 saturated heterocycles. The van der Waals surface area contributed by atoms with Gasteiger partial charge >= 0.3 is 0 Å². The van der Waals surface area contributed by atoms with Crippen LogP contribution in [0, 0.1) is 11.3 Å². The molecule has 4 nitrogen and oxygen atoms in total.